The number of benzene rings is 2. The third kappa shape index (κ3) is 4.51. The fourth-order valence-electron chi connectivity index (χ4n) is 3.51. The van der Waals surface area contributed by atoms with E-state index in [1.165, 1.54) is 6.07 Å². The monoisotopic (exact) mass is 408 g/mol. The summed E-state index contributed by atoms with van der Waals surface area (Å²) < 4.78 is 25.1. The summed E-state index contributed by atoms with van der Waals surface area (Å²) in [6.07, 6.45) is 0.509. The lowest BCUT2D eigenvalue weighted by Crippen LogP contribution is -2.33. The summed E-state index contributed by atoms with van der Waals surface area (Å²) in [5.41, 5.74) is 7.61. The summed E-state index contributed by atoms with van der Waals surface area (Å²) in [4.78, 5) is 14.8. The van der Waals surface area contributed by atoms with Crippen molar-refractivity contribution in [3.05, 3.63) is 65.7 Å². The molecular formula is C20H25ClN2O3S. The van der Waals surface area contributed by atoms with E-state index in [1.54, 1.807) is 23.1 Å². The van der Waals surface area contributed by atoms with Crippen molar-refractivity contribution >= 4 is 28.2 Å². The molecule has 0 bridgehead atoms. The van der Waals surface area contributed by atoms with Gasteiger partial charge in [-0.15, -0.1) is 12.4 Å². The predicted molar refractivity (Wildman–Crippen MR) is 109 cm³/mol. The van der Waals surface area contributed by atoms with Crippen molar-refractivity contribution in [2.75, 3.05) is 18.8 Å². The van der Waals surface area contributed by atoms with Gasteiger partial charge in [-0.25, -0.2) is 8.42 Å². The highest BCUT2D eigenvalue weighted by molar-refractivity contribution is 7.91. The molecule has 2 aromatic rings. The fraction of sp³-hybridized carbons (Fsp3) is 0.350. The quantitative estimate of drug-likeness (QED) is 0.824. The zero-order valence-corrected chi connectivity index (χ0v) is 16.9. The Balaban J connectivity index is 0.00000261. The number of carbonyl (C=O) groups excluding carboxylic acids is 1. The third-order valence-corrected chi connectivity index (χ3v) is 6.78. The van der Waals surface area contributed by atoms with E-state index >= 15 is 0 Å². The van der Waals surface area contributed by atoms with Crippen LogP contribution in [0.3, 0.4) is 0 Å². The minimum atomic E-state index is -3.47. The molecule has 5 nitrogen and oxygen atoms in total. The molecule has 7 heteroatoms. The smallest absolute Gasteiger partial charge is 0.255 e. The number of amides is 1. The highest BCUT2D eigenvalue weighted by atomic mass is 35.5. The van der Waals surface area contributed by atoms with Crippen LogP contribution in [0, 0.1) is 0 Å². The van der Waals surface area contributed by atoms with Crippen LogP contribution in [0.15, 0.2) is 59.5 Å². The van der Waals surface area contributed by atoms with Crippen LogP contribution in [-0.2, 0) is 9.84 Å². The maximum absolute atomic E-state index is 13.0. The number of halogens is 1. The number of carbonyl (C=O) groups is 1. The van der Waals surface area contributed by atoms with Gasteiger partial charge in [-0.05, 0) is 24.1 Å². The van der Waals surface area contributed by atoms with E-state index in [0.717, 1.165) is 5.56 Å². The minimum absolute atomic E-state index is 0. The first-order valence-electron chi connectivity index (χ1n) is 8.85. The van der Waals surface area contributed by atoms with E-state index in [1.807, 2.05) is 37.3 Å². The second-order valence-electron chi connectivity index (χ2n) is 6.71. The molecule has 2 aromatic carbocycles. The summed E-state index contributed by atoms with van der Waals surface area (Å²) in [6, 6.07) is 16.2. The predicted octanol–water partition coefficient (Wildman–Crippen LogP) is 2.86. The molecule has 0 unspecified atom stereocenters. The van der Waals surface area contributed by atoms with Crippen LogP contribution in [0.1, 0.15) is 35.2 Å². The van der Waals surface area contributed by atoms with Gasteiger partial charge in [-0.1, -0.05) is 49.4 Å². The number of likely N-dealkylation sites (tertiary alicyclic amines) is 1. The Labute approximate surface area is 166 Å². The Hall–Kier alpha value is -1.89. The lowest BCUT2D eigenvalue weighted by molar-refractivity contribution is 0.0785. The molecule has 1 aliphatic rings. The lowest BCUT2D eigenvalue weighted by Gasteiger charge is -2.18. The molecule has 2 N–H and O–H groups in total. The first-order chi connectivity index (χ1) is 12.4. The number of nitrogens with two attached hydrogens (primary N) is 1. The summed E-state index contributed by atoms with van der Waals surface area (Å²) in [5.74, 6) is -0.183. The maximum atomic E-state index is 13.0. The highest BCUT2D eigenvalue weighted by Gasteiger charge is 2.35. The van der Waals surface area contributed by atoms with Crippen LogP contribution in [0.5, 0.6) is 0 Å². The molecule has 0 saturated carbocycles. The van der Waals surface area contributed by atoms with Gasteiger partial charge >= 0.3 is 0 Å². The zero-order chi connectivity index (χ0) is 18.7. The fourth-order valence-corrected chi connectivity index (χ4v) is 5.04. The standard InChI is InChI=1S/C20H24N2O3S.ClH/c1-2-12-26(24,25)19-11-7-6-10-16(19)20(23)22-13-17(18(21)14-22)15-8-4-3-5-9-15;/h3-11,17-18H,2,12-14,21H2,1H3;1H/t17-,18+;/m0./s1. The average molecular weight is 409 g/mol. The molecule has 0 aliphatic carbocycles. The van der Waals surface area contributed by atoms with Gasteiger partial charge < -0.3 is 10.6 Å². The first-order valence-corrected chi connectivity index (χ1v) is 10.5. The summed E-state index contributed by atoms with van der Waals surface area (Å²) >= 11 is 0. The number of rotatable bonds is 5. The van der Waals surface area contributed by atoms with Crippen molar-refractivity contribution < 1.29 is 13.2 Å². The molecule has 1 fully saturated rings. The molecule has 1 saturated heterocycles. The largest absolute Gasteiger partial charge is 0.336 e. The van der Waals surface area contributed by atoms with Crippen molar-refractivity contribution in [3.8, 4) is 0 Å². The Kier molecular flexibility index (Phi) is 7.03. The average Bonchev–Trinajstić information content (AvgIpc) is 3.03. The van der Waals surface area contributed by atoms with Gasteiger partial charge in [-0.3, -0.25) is 4.79 Å². The molecule has 27 heavy (non-hydrogen) atoms. The normalized spacial score (nSPS) is 19.6. The third-order valence-electron chi connectivity index (χ3n) is 4.81. The van der Waals surface area contributed by atoms with Gasteiger partial charge in [0.25, 0.3) is 5.91 Å². The van der Waals surface area contributed by atoms with E-state index in [0.29, 0.717) is 19.5 Å². The molecule has 1 heterocycles. The molecule has 0 aromatic heterocycles. The minimum Gasteiger partial charge on any atom is -0.336 e. The number of hydrogen-bond donors (Lipinski definition) is 1. The molecule has 146 valence electrons. The first kappa shape index (κ1) is 21.4. The van der Waals surface area contributed by atoms with Crippen LogP contribution >= 0.6 is 12.4 Å². The Morgan fingerprint density at radius 2 is 1.70 bits per heavy atom. The van der Waals surface area contributed by atoms with Gasteiger partial charge in [-0.2, -0.15) is 0 Å². The van der Waals surface area contributed by atoms with E-state index in [4.69, 9.17) is 5.73 Å². The van der Waals surface area contributed by atoms with E-state index in [-0.39, 0.29) is 46.5 Å². The Bertz CT molecular complexity index is 887. The zero-order valence-electron chi connectivity index (χ0n) is 15.2. The number of hydrogen-bond acceptors (Lipinski definition) is 4. The van der Waals surface area contributed by atoms with Crippen molar-refractivity contribution in [2.24, 2.45) is 5.73 Å². The van der Waals surface area contributed by atoms with Crippen LogP contribution < -0.4 is 5.73 Å². The number of sulfone groups is 1. The second kappa shape index (κ2) is 8.87. The topological polar surface area (TPSA) is 80.5 Å². The molecule has 2 atom stereocenters. The molecular weight excluding hydrogens is 384 g/mol. The molecule has 3 rings (SSSR count). The highest BCUT2D eigenvalue weighted by Crippen LogP contribution is 2.29. The van der Waals surface area contributed by atoms with Crippen molar-refractivity contribution in [1.82, 2.24) is 4.90 Å². The molecule has 1 aliphatic heterocycles. The van der Waals surface area contributed by atoms with Gasteiger partial charge in [0.2, 0.25) is 0 Å². The van der Waals surface area contributed by atoms with Crippen molar-refractivity contribution in [3.63, 3.8) is 0 Å². The van der Waals surface area contributed by atoms with Gasteiger partial charge in [0.1, 0.15) is 0 Å². The SMILES string of the molecule is CCCS(=O)(=O)c1ccccc1C(=O)N1C[C@@H](N)[C@H](c2ccccc2)C1.Cl. The van der Waals surface area contributed by atoms with Crippen molar-refractivity contribution in [2.45, 2.75) is 30.2 Å². The van der Waals surface area contributed by atoms with E-state index < -0.39 is 9.84 Å². The van der Waals surface area contributed by atoms with E-state index in [2.05, 4.69) is 0 Å². The summed E-state index contributed by atoms with van der Waals surface area (Å²) in [6.45, 7) is 2.72. The summed E-state index contributed by atoms with van der Waals surface area (Å²) in [5, 5.41) is 0. The van der Waals surface area contributed by atoms with Crippen LogP contribution in [0.4, 0.5) is 0 Å². The number of nitrogens with zero attached hydrogens (tertiary/aromatic N) is 1. The Morgan fingerprint density at radius 3 is 2.37 bits per heavy atom. The van der Waals surface area contributed by atoms with Gasteiger partial charge in [0, 0.05) is 25.0 Å². The summed E-state index contributed by atoms with van der Waals surface area (Å²) in [7, 11) is -3.47. The van der Waals surface area contributed by atoms with Crippen LogP contribution in [0.2, 0.25) is 0 Å². The molecule has 1 amide bonds. The maximum Gasteiger partial charge on any atom is 0.255 e. The Morgan fingerprint density at radius 1 is 1.07 bits per heavy atom. The van der Waals surface area contributed by atoms with Crippen LogP contribution in [0.25, 0.3) is 0 Å². The lowest BCUT2D eigenvalue weighted by atomic mass is 9.95. The van der Waals surface area contributed by atoms with Gasteiger partial charge in [0.15, 0.2) is 9.84 Å². The molecule has 0 spiro atoms. The van der Waals surface area contributed by atoms with Gasteiger partial charge in [0.05, 0.1) is 16.2 Å². The van der Waals surface area contributed by atoms with Crippen molar-refractivity contribution in [1.29, 1.82) is 0 Å². The van der Waals surface area contributed by atoms with Crippen LogP contribution in [-0.4, -0.2) is 44.1 Å². The molecule has 0 radical (unpaired) electrons. The second-order valence-corrected chi connectivity index (χ2v) is 8.78. The van der Waals surface area contributed by atoms with E-state index in [9.17, 15) is 13.2 Å².